The quantitative estimate of drug-likeness (QED) is 0.668. The third-order valence-electron chi connectivity index (χ3n) is 2.18. The summed E-state index contributed by atoms with van der Waals surface area (Å²) in [5.41, 5.74) is 0.468. The molecule has 1 aromatic rings. The molecule has 19 heavy (non-hydrogen) atoms. The molecule has 0 bridgehead atoms. The maximum absolute atomic E-state index is 12.1. The van der Waals surface area contributed by atoms with Gasteiger partial charge >= 0.3 is 12.4 Å². The SMILES string of the molecule is CC(=O)NCCc1cc(Cl)ccc1OC(=O)C(F)F. The van der Waals surface area contributed by atoms with E-state index in [4.69, 9.17) is 11.6 Å². The topological polar surface area (TPSA) is 55.4 Å². The highest BCUT2D eigenvalue weighted by Crippen LogP contribution is 2.24. The fraction of sp³-hybridized carbons (Fsp3) is 0.333. The molecule has 1 rings (SSSR count). The zero-order valence-corrected chi connectivity index (χ0v) is 10.8. The van der Waals surface area contributed by atoms with Gasteiger partial charge in [-0.05, 0) is 30.2 Å². The molecule has 7 heteroatoms. The minimum atomic E-state index is -3.20. The van der Waals surface area contributed by atoms with Crippen molar-refractivity contribution in [1.82, 2.24) is 5.32 Å². The Kier molecular flexibility index (Phi) is 5.69. The van der Waals surface area contributed by atoms with E-state index in [-0.39, 0.29) is 18.2 Å². The molecule has 0 aliphatic heterocycles. The molecule has 0 unspecified atom stereocenters. The van der Waals surface area contributed by atoms with Gasteiger partial charge in [0, 0.05) is 18.5 Å². The number of alkyl halides is 2. The molecule has 4 nitrogen and oxygen atoms in total. The van der Waals surface area contributed by atoms with E-state index in [1.54, 1.807) is 0 Å². The molecule has 0 saturated carbocycles. The van der Waals surface area contributed by atoms with Crippen LogP contribution in [0.2, 0.25) is 5.02 Å². The number of hydrogen-bond acceptors (Lipinski definition) is 3. The predicted molar refractivity (Wildman–Crippen MR) is 65.5 cm³/mol. The van der Waals surface area contributed by atoms with Gasteiger partial charge in [0.15, 0.2) is 0 Å². The summed E-state index contributed by atoms with van der Waals surface area (Å²) in [5, 5.41) is 2.93. The van der Waals surface area contributed by atoms with Crippen molar-refractivity contribution < 1.29 is 23.1 Å². The smallest absolute Gasteiger partial charge is 0.379 e. The van der Waals surface area contributed by atoms with Crippen LogP contribution in [0.4, 0.5) is 8.78 Å². The average molecular weight is 292 g/mol. The van der Waals surface area contributed by atoms with Crippen LogP contribution in [-0.4, -0.2) is 24.8 Å². The number of amides is 1. The van der Waals surface area contributed by atoms with Crippen molar-refractivity contribution in [2.75, 3.05) is 6.54 Å². The van der Waals surface area contributed by atoms with Crippen molar-refractivity contribution in [1.29, 1.82) is 0 Å². The molecular weight excluding hydrogens is 280 g/mol. The van der Waals surface area contributed by atoms with Crippen LogP contribution in [0.15, 0.2) is 18.2 Å². The summed E-state index contributed by atoms with van der Waals surface area (Å²) < 4.78 is 28.8. The molecular formula is C12H12ClF2NO3. The Balaban J connectivity index is 2.79. The first-order valence-electron chi connectivity index (χ1n) is 5.43. The second-order valence-electron chi connectivity index (χ2n) is 3.71. The van der Waals surface area contributed by atoms with Crippen LogP contribution >= 0.6 is 11.6 Å². The molecule has 0 saturated heterocycles. The maximum Gasteiger partial charge on any atom is 0.379 e. The number of carbonyl (C=O) groups excluding carboxylic acids is 2. The lowest BCUT2D eigenvalue weighted by atomic mass is 10.1. The lowest BCUT2D eigenvalue weighted by molar-refractivity contribution is -0.146. The minimum absolute atomic E-state index is 0.0139. The molecule has 0 aliphatic rings. The maximum atomic E-state index is 12.1. The van der Waals surface area contributed by atoms with Gasteiger partial charge in [-0.15, -0.1) is 0 Å². The second kappa shape index (κ2) is 7.04. The highest BCUT2D eigenvalue weighted by Gasteiger charge is 2.19. The van der Waals surface area contributed by atoms with E-state index in [9.17, 15) is 18.4 Å². The molecule has 104 valence electrons. The molecule has 1 aromatic carbocycles. The Labute approximate surface area is 113 Å². The third-order valence-corrected chi connectivity index (χ3v) is 2.41. The third kappa shape index (κ3) is 5.21. The summed E-state index contributed by atoms with van der Waals surface area (Å²) in [7, 11) is 0. The molecule has 0 aliphatic carbocycles. The first kappa shape index (κ1) is 15.4. The van der Waals surface area contributed by atoms with Crippen LogP contribution in [0.1, 0.15) is 12.5 Å². The fourth-order valence-corrected chi connectivity index (χ4v) is 1.56. The van der Waals surface area contributed by atoms with Crippen LogP contribution in [0.25, 0.3) is 0 Å². The lowest BCUT2D eigenvalue weighted by Crippen LogP contribution is -2.23. The van der Waals surface area contributed by atoms with Gasteiger partial charge in [0.25, 0.3) is 0 Å². The van der Waals surface area contributed by atoms with Crippen molar-refractivity contribution in [2.45, 2.75) is 19.8 Å². The number of benzene rings is 1. The summed E-state index contributed by atoms with van der Waals surface area (Å²) >= 11 is 5.78. The first-order valence-corrected chi connectivity index (χ1v) is 5.80. The Morgan fingerprint density at radius 2 is 2.11 bits per heavy atom. The lowest BCUT2D eigenvalue weighted by Gasteiger charge is -2.10. The number of esters is 1. The predicted octanol–water partition coefficient (Wildman–Crippen LogP) is 2.19. The second-order valence-corrected chi connectivity index (χ2v) is 4.14. The van der Waals surface area contributed by atoms with E-state index >= 15 is 0 Å². The van der Waals surface area contributed by atoms with Gasteiger partial charge in [0.05, 0.1) is 0 Å². The molecule has 0 heterocycles. The van der Waals surface area contributed by atoms with Crippen molar-refractivity contribution in [3.8, 4) is 5.75 Å². The van der Waals surface area contributed by atoms with E-state index in [0.29, 0.717) is 17.0 Å². The average Bonchev–Trinajstić information content (AvgIpc) is 2.31. The normalized spacial score (nSPS) is 10.4. The highest BCUT2D eigenvalue weighted by atomic mass is 35.5. The minimum Gasteiger partial charge on any atom is -0.422 e. The van der Waals surface area contributed by atoms with Crippen LogP contribution in [0.3, 0.4) is 0 Å². The Bertz CT molecular complexity index is 480. The van der Waals surface area contributed by atoms with Gasteiger partial charge in [-0.25, -0.2) is 4.79 Å². The zero-order chi connectivity index (χ0) is 14.4. The van der Waals surface area contributed by atoms with Gasteiger partial charge in [-0.3, -0.25) is 4.79 Å². The number of nitrogens with one attached hydrogen (secondary N) is 1. The largest absolute Gasteiger partial charge is 0.422 e. The van der Waals surface area contributed by atoms with E-state index in [1.165, 1.54) is 25.1 Å². The van der Waals surface area contributed by atoms with Gasteiger partial charge in [-0.2, -0.15) is 8.78 Å². The Morgan fingerprint density at radius 1 is 1.42 bits per heavy atom. The molecule has 0 atom stereocenters. The monoisotopic (exact) mass is 291 g/mol. The van der Waals surface area contributed by atoms with Crippen LogP contribution in [0, 0.1) is 0 Å². The van der Waals surface area contributed by atoms with Crippen LogP contribution < -0.4 is 10.1 Å². The number of ether oxygens (including phenoxy) is 1. The molecule has 1 N–H and O–H groups in total. The number of rotatable bonds is 5. The summed E-state index contributed by atoms with van der Waals surface area (Å²) in [6, 6.07) is 4.26. The van der Waals surface area contributed by atoms with Crippen LogP contribution in [-0.2, 0) is 16.0 Å². The van der Waals surface area contributed by atoms with E-state index in [2.05, 4.69) is 10.1 Å². The number of carbonyl (C=O) groups is 2. The summed E-state index contributed by atoms with van der Waals surface area (Å²) in [6.07, 6.45) is -2.88. The van der Waals surface area contributed by atoms with Crippen molar-refractivity contribution >= 4 is 23.5 Å². The zero-order valence-electron chi connectivity index (χ0n) is 10.1. The van der Waals surface area contributed by atoms with Gasteiger partial charge in [0.1, 0.15) is 5.75 Å². The van der Waals surface area contributed by atoms with Gasteiger partial charge < -0.3 is 10.1 Å². The van der Waals surface area contributed by atoms with Gasteiger partial charge in [-0.1, -0.05) is 11.6 Å². The molecule has 0 fully saturated rings. The van der Waals surface area contributed by atoms with Gasteiger partial charge in [0.2, 0.25) is 5.91 Å². The Morgan fingerprint density at radius 3 is 2.68 bits per heavy atom. The molecule has 0 spiro atoms. The van der Waals surface area contributed by atoms with Crippen molar-refractivity contribution in [2.24, 2.45) is 0 Å². The first-order chi connectivity index (χ1) is 8.90. The standard InChI is InChI=1S/C12H12ClF2NO3/c1-7(17)16-5-4-8-6-9(13)2-3-10(8)19-12(18)11(14)15/h2-3,6,11H,4-5H2,1H3,(H,16,17). The number of hydrogen-bond donors (Lipinski definition) is 1. The van der Waals surface area contributed by atoms with Crippen molar-refractivity contribution in [3.63, 3.8) is 0 Å². The Hall–Kier alpha value is -1.69. The molecule has 1 amide bonds. The molecule has 0 aromatic heterocycles. The fourth-order valence-electron chi connectivity index (χ4n) is 1.37. The van der Waals surface area contributed by atoms with Crippen molar-refractivity contribution in [3.05, 3.63) is 28.8 Å². The molecule has 0 radical (unpaired) electrons. The summed E-state index contributed by atoms with van der Waals surface area (Å²) in [6.45, 7) is 1.64. The van der Waals surface area contributed by atoms with Crippen LogP contribution in [0.5, 0.6) is 5.75 Å². The van der Waals surface area contributed by atoms with E-state index in [0.717, 1.165) is 0 Å². The summed E-state index contributed by atoms with van der Waals surface area (Å²) in [5.74, 6) is -1.82. The number of halogens is 3. The summed E-state index contributed by atoms with van der Waals surface area (Å²) in [4.78, 5) is 21.6. The highest BCUT2D eigenvalue weighted by molar-refractivity contribution is 6.30. The van der Waals surface area contributed by atoms with E-state index < -0.39 is 12.4 Å². The van der Waals surface area contributed by atoms with E-state index in [1.807, 2.05) is 0 Å².